The van der Waals surface area contributed by atoms with E-state index in [0.29, 0.717) is 22.6 Å². The fourth-order valence-electron chi connectivity index (χ4n) is 4.56. The van der Waals surface area contributed by atoms with Crippen LogP contribution in [0.1, 0.15) is 34.8 Å². The van der Waals surface area contributed by atoms with Gasteiger partial charge in [-0.25, -0.2) is 9.37 Å². The summed E-state index contributed by atoms with van der Waals surface area (Å²) in [4.78, 5) is 35.2. The maximum Gasteiger partial charge on any atom is 0.262 e. The minimum atomic E-state index is -0.577. The van der Waals surface area contributed by atoms with Gasteiger partial charge in [0.15, 0.2) is 0 Å². The zero-order valence-corrected chi connectivity index (χ0v) is 21.8. The van der Waals surface area contributed by atoms with Crippen LogP contribution in [0.4, 0.5) is 10.2 Å². The number of anilines is 1. The Hall–Kier alpha value is -5.05. The normalized spacial score (nSPS) is 12.8. The molecule has 0 aliphatic heterocycles. The molecule has 8 nitrogen and oxygen atoms in total. The number of rotatable bonds is 7. The van der Waals surface area contributed by atoms with Gasteiger partial charge in [0.2, 0.25) is 5.43 Å². The van der Waals surface area contributed by atoms with Crippen molar-refractivity contribution in [2.75, 3.05) is 12.4 Å². The molecule has 1 aliphatic carbocycles. The van der Waals surface area contributed by atoms with Crippen molar-refractivity contribution in [2.24, 2.45) is 0 Å². The van der Waals surface area contributed by atoms with E-state index in [2.05, 4.69) is 15.3 Å². The molecule has 200 valence electrons. The highest BCUT2D eigenvalue weighted by atomic mass is 19.1. The number of aromatic nitrogens is 3. The summed E-state index contributed by atoms with van der Waals surface area (Å²) in [5, 5.41) is 3.50. The number of pyridine rings is 3. The van der Waals surface area contributed by atoms with Crippen LogP contribution in [0, 0.1) is 12.7 Å². The van der Waals surface area contributed by atoms with Crippen molar-refractivity contribution in [1.82, 2.24) is 14.5 Å². The number of nitrogens with zero attached hydrogens (tertiary/aromatic N) is 3. The second kappa shape index (κ2) is 10.3. The molecule has 3 aromatic heterocycles. The minimum Gasteiger partial charge on any atom is -0.496 e. The number of carbonyl (C=O) groups is 1. The first kappa shape index (κ1) is 25.2. The van der Waals surface area contributed by atoms with E-state index in [9.17, 15) is 14.0 Å². The summed E-state index contributed by atoms with van der Waals surface area (Å²) in [6.07, 6.45) is 8.40. The Balaban J connectivity index is 1.24. The molecule has 3 heterocycles. The Morgan fingerprint density at radius 3 is 2.52 bits per heavy atom. The van der Waals surface area contributed by atoms with Crippen molar-refractivity contribution < 1.29 is 18.7 Å². The Morgan fingerprint density at radius 2 is 1.82 bits per heavy atom. The van der Waals surface area contributed by atoms with Crippen LogP contribution in [-0.2, 0) is 0 Å². The molecular formula is C31H25FN4O4. The lowest BCUT2D eigenvalue weighted by Crippen LogP contribution is -2.24. The van der Waals surface area contributed by atoms with E-state index in [1.54, 1.807) is 43.9 Å². The second-order valence-corrected chi connectivity index (χ2v) is 9.68. The standard InChI is InChI=1S/C31H25FN4O4/c1-18-13-26-23(14-28(18)39-2)27(11-12-33-26)40-22-9-10-29(34-15-22)35-31(38)25-17-36(21-7-8-21)16-24(30(25)37)19-3-5-20(32)6-4-19/h3-6,9-17,21H,7-8H2,1-2H3,(H,34,35,38). The zero-order chi connectivity index (χ0) is 27.8. The number of aryl methyl sites for hydroxylation is 1. The van der Waals surface area contributed by atoms with E-state index in [1.165, 1.54) is 30.5 Å². The van der Waals surface area contributed by atoms with Gasteiger partial charge < -0.3 is 19.4 Å². The van der Waals surface area contributed by atoms with E-state index < -0.39 is 17.2 Å². The lowest BCUT2D eigenvalue weighted by molar-refractivity contribution is 0.102. The van der Waals surface area contributed by atoms with Crippen molar-refractivity contribution in [2.45, 2.75) is 25.8 Å². The number of halogens is 1. The van der Waals surface area contributed by atoms with E-state index in [4.69, 9.17) is 9.47 Å². The summed E-state index contributed by atoms with van der Waals surface area (Å²) in [5.74, 6) is 1.06. The number of methoxy groups -OCH3 is 1. The molecule has 6 rings (SSSR count). The maximum atomic E-state index is 13.5. The fourth-order valence-corrected chi connectivity index (χ4v) is 4.56. The summed E-state index contributed by atoms with van der Waals surface area (Å²) < 4.78 is 26.9. The van der Waals surface area contributed by atoms with Crippen LogP contribution in [0.3, 0.4) is 0 Å². The summed E-state index contributed by atoms with van der Waals surface area (Å²) in [5.41, 5.74) is 2.18. The molecule has 1 aliphatic rings. The van der Waals surface area contributed by atoms with E-state index in [-0.39, 0.29) is 17.4 Å². The van der Waals surface area contributed by atoms with Gasteiger partial charge in [-0.05, 0) is 73.4 Å². The number of amides is 1. The van der Waals surface area contributed by atoms with Crippen LogP contribution in [0.15, 0.2) is 84.2 Å². The molecule has 0 saturated heterocycles. The first-order chi connectivity index (χ1) is 19.4. The fraction of sp³-hybridized carbons (Fsp3) is 0.161. The molecule has 1 fully saturated rings. The molecule has 40 heavy (non-hydrogen) atoms. The average molecular weight is 537 g/mol. The highest BCUT2D eigenvalue weighted by Gasteiger charge is 2.26. The molecule has 0 atom stereocenters. The number of hydrogen-bond donors (Lipinski definition) is 1. The average Bonchev–Trinajstić information content (AvgIpc) is 3.80. The summed E-state index contributed by atoms with van der Waals surface area (Å²) >= 11 is 0. The molecule has 0 spiro atoms. The quantitative estimate of drug-likeness (QED) is 0.263. The zero-order valence-electron chi connectivity index (χ0n) is 21.8. The Kier molecular flexibility index (Phi) is 6.47. The molecule has 0 radical (unpaired) electrons. The topological polar surface area (TPSA) is 95.3 Å². The molecule has 1 N–H and O–H groups in total. The van der Waals surface area contributed by atoms with Gasteiger partial charge in [-0.2, -0.15) is 0 Å². The SMILES string of the molecule is COc1cc2c(Oc3ccc(NC(=O)c4cn(C5CC5)cc(-c5ccc(F)cc5)c4=O)nc3)ccnc2cc1C. The van der Waals surface area contributed by atoms with Crippen LogP contribution in [0.25, 0.3) is 22.0 Å². The van der Waals surface area contributed by atoms with Gasteiger partial charge in [-0.1, -0.05) is 12.1 Å². The van der Waals surface area contributed by atoms with Gasteiger partial charge in [0.05, 0.1) is 18.8 Å². The Bertz CT molecular complexity index is 1800. The number of nitrogens with one attached hydrogen (secondary N) is 1. The summed E-state index contributed by atoms with van der Waals surface area (Å²) in [6, 6.07) is 14.7. The largest absolute Gasteiger partial charge is 0.496 e. The van der Waals surface area contributed by atoms with E-state index in [1.807, 2.05) is 23.6 Å². The van der Waals surface area contributed by atoms with Crippen LogP contribution in [0.2, 0.25) is 0 Å². The molecule has 9 heteroatoms. The number of hydrogen-bond acceptors (Lipinski definition) is 6. The molecule has 1 saturated carbocycles. The molecule has 0 bridgehead atoms. The number of carbonyl (C=O) groups excluding carboxylic acids is 1. The Labute approximate surface area is 229 Å². The highest BCUT2D eigenvalue weighted by Crippen LogP contribution is 2.36. The minimum absolute atomic E-state index is 0.0108. The van der Waals surface area contributed by atoms with E-state index >= 15 is 0 Å². The second-order valence-electron chi connectivity index (χ2n) is 9.68. The van der Waals surface area contributed by atoms with Crippen LogP contribution >= 0.6 is 0 Å². The third kappa shape index (κ3) is 5.01. The van der Waals surface area contributed by atoms with Crippen molar-refractivity contribution >= 4 is 22.6 Å². The maximum absolute atomic E-state index is 13.5. The lowest BCUT2D eigenvalue weighted by atomic mass is 10.0. The molecule has 5 aromatic rings. The van der Waals surface area contributed by atoms with Crippen molar-refractivity contribution in [1.29, 1.82) is 0 Å². The van der Waals surface area contributed by atoms with Crippen LogP contribution < -0.4 is 20.2 Å². The van der Waals surface area contributed by atoms with Crippen molar-refractivity contribution in [3.63, 3.8) is 0 Å². The van der Waals surface area contributed by atoms with Crippen molar-refractivity contribution in [3.8, 4) is 28.4 Å². The van der Waals surface area contributed by atoms with Gasteiger partial charge in [0.25, 0.3) is 5.91 Å². The third-order valence-corrected chi connectivity index (χ3v) is 6.84. The summed E-state index contributed by atoms with van der Waals surface area (Å²) in [6.45, 7) is 1.95. The number of ether oxygens (including phenoxy) is 2. The molecule has 0 unspecified atom stereocenters. The molecule has 2 aromatic carbocycles. The number of benzene rings is 2. The van der Waals surface area contributed by atoms with Crippen LogP contribution in [0.5, 0.6) is 17.2 Å². The highest BCUT2D eigenvalue weighted by molar-refractivity contribution is 6.04. The summed E-state index contributed by atoms with van der Waals surface area (Å²) in [7, 11) is 1.61. The number of fused-ring (bicyclic) bond motifs is 1. The smallest absolute Gasteiger partial charge is 0.262 e. The van der Waals surface area contributed by atoms with Crippen molar-refractivity contribution in [3.05, 3.63) is 107 Å². The predicted octanol–water partition coefficient (Wildman–Crippen LogP) is 6.29. The van der Waals surface area contributed by atoms with E-state index in [0.717, 1.165) is 35.1 Å². The third-order valence-electron chi connectivity index (χ3n) is 6.84. The molecular weight excluding hydrogens is 511 g/mol. The monoisotopic (exact) mass is 536 g/mol. The first-order valence-electron chi connectivity index (χ1n) is 12.8. The van der Waals surface area contributed by atoms with Gasteiger partial charge in [0, 0.05) is 35.6 Å². The molecule has 1 amide bonds. The van der Waals surface area contributed by atoms with Gasteiger partial charge in [0.1, 0.15) is 34.4 Å². The van der Waals surface area contributed by atoms with Crippen LogP contribution in [-0.4, -0.2) is 27.6 Å². The lowest BCUT2D eigenvalue weighted by Gasteiger charge is -2.13. The predicted molar refractivity (Wildman–Crippen MR) is 150 cm³/mol. The van der Waals surface area contributed by atoms with Gasteiger partial charge in [-0.3, -0.25) is 14.6 Å². The Morgan fingerprint density at radius 1 is 1.02 bits per heavy atom. The first-order valence-corrected chi connectivity index (χ1v) is 12.8. The van der Waals surface area contributed by atoms with Gasteiger partial charge >= 0.3 is 0 Å². The van der Waals surface area contributed by atoms with Gasteiger partial charge in [-0.15, -0.1) is 0 Å².